The number of carboxylic acids is 1. The van der Waals surface area contributed by atoms with Gasteiger partial charge in [-0.1, -0.05) is 43.5 Å². The molecule has 3 amide bonds. The van der Waals surface area contributed by atoms with Crippen molar-refractivity contribution < 1.29 is 50.9 Å². The van der Waals surface area contributed by atoms with Crippen molar-refractivity contribution in [3.8, 4) is 0 Å². The van der Waals surface area contributed by atoms with E-state index in [1.165, 1.54) is 24.3 Å². The third kappa shape index (κ3) is 8.99. The third-order valence-corrected chi connectivity index (χ3v) is 7.66. The maximum Gasteiger partial charge on any atom is 0.416 e. The molecule has 1 saturated carbocycles. The topological polar surface area (TPSA) is 119 Å². The van der Waals surface area contributed by atoms with Gasteiger partial charge in [0.25, 0.3) is 5.91 Å². The van der Waals surface area contributed by atoms with Gasteiger partial charge in [-0.15, -0.1) is 0 Å². The monoisotopic (exact) mass is 651 g/mol. The standard InChI is InChI=1S/C32H31F6N3O5/c33-31(34,35)23-14-24(32(36,37)38)16-25(15-23)40-30(46)41(26-12-10-21(11-13-26)20-4-2-1-3-5-20)18-19-6-8-22(9-7-19)28(43)39-17-27(42)29(44)45/h6-16,20,27,42H,1-5,17-18H2,(H,39,43)(H,40,46)(H,44,45)/t27-/m1/s1. The van der Waals surface area contributed by atoms with Crippen molar-refractivity contribution >= 4 is 29.3 Å². The van der Waals surface area contributed by atoms with Crippen LogP contribution in [0.25, 0.3) is 0 Å². The predicted octanol–water partition coefficient (Wildman–Crippen LogP) is 7.19. The lowest BCUT2D eigenvalue weighted by Gasteiger charge is -2.26. The summed E-state index contributed by atoms with van der Waals surface area (Å²) in [6.45, 7) is -0.717. The van der Waals surface area contributed by atoms with Crippen LogP contribution in [0.5, 0.6) is 0 Å². The molecule has 3 aromatic carbocycles. The second kappa shape index (κ2) is 14.2. The number of carbonyl (C=O) groups is 3. The number of halogens is 6. The number of aliphatic carboxylic acids is 1. The molecule has 0 unspecified atom stereocenters. The van der Waals surface area contributed by atoms with E-state index in [0.717, 1.165) is 42.6 Å². The summed E-state index contributed by atoms with van der Waals surface area (Å²) in [5.74, 6) is -1.85. The molecule has 1 aliphatic carbocycles. The first-order valence-electron chi connectivity index (χ1n) is 14.4. The summed E-state index contributed by atoms with van der Waals surface area (Å²) in [5.41, 5.74) is -1.92. The van der Waals surface area contributed by atoms with Crippen molar-refractivity contribution in [3.63, 3.8) is 0 Å². The largest absolute Gasteiger partial charge is 0.479 e. The summed E-state index contributed by atoms with van der Waals surface area (Å²) in [6.07, 6.45) is -6.66. The van der Waals surface area contributed by atoms with Gasteiger partial charge in [0.05, 0.1) is 24.2 Å². The Hall–Kier alpha value is -4.59. The highest BCUT2D eigenvalue weighted by Gasteiger charge is 2.37. The van der Waals surface area contributed by atoms with Crippen LogP contribution in [0.3, 0.4) is 0 Å². The quantitative estimate of drug-likeness (QED) is 0.183. The molecule has 246 valence electrons. The maximum absolute atomic E-state index is 13.5. The van der Waals surface area contributed by atoms with Crippen molar-refractivity contribution in [1.29, 1.82) is 0 Å². The minimum atomic E-state index is -5.10. The molecule has 0 bridgehead atoms. The number of hydrogen-bond donors (Lipinski definition) is 4. The summed E-state index contributed by atoms with van der Waals surface area (Å²) in [6, 6.07) is 12.5. The van der Waals surface area contributed by atoms with Gasteiger partial charge < -0.3 is 20.8 Å². The van der Waals surface area contributed by atoms with Crippen LogP contribution in [0, 0.1) is 0 Å². The Kier molecular flexibility index (Phi) is 10.6. The van der Waals surface area contributed by atoms with Crippen molar-refractivity contribution in [2.45, 2.75) is 63.0 Å². The molecule has 1 atom stereocenters. The number of nitrogens with one attached hydrogen (secondary N) is 2. The summed E-state index contributed by atoms with van der Waals surface area (Å²) < 4.78 is 80.6. The second-order valence-corrected chi connectivity index (χ2v) is 11.0. The number of rotatable bonds is 9. The van der Waals surface area contributed by atoms with E-state index in [1.807, 2.05) is 12.1 Å². The van der Waals surface area contributed by atoms with Gasteiger partial charge >= 0.3 is 24.4 Å². The highest BCUT2D eigenvalue weighted by molar-refractivity contribution is 6.02. The van der Waals surface area contributed by atoms with Gasteiger partial charge in [0.1, 0.15) is 0 Å². The highest BCUT2D eigenvalue weighted by atomic mass is 19.4. The van der Waals surface area contributed by atoms with Gasteiger partial charge in [-0.05, 0) is 72.4 Å². The zero-order valence-electron chi connectivity index (χ0n) is 24.3. The molecule has 0 radical (unpaired) electrons. The minimum Gasteiger partial charge on any atom is -0.479 e. The molecule has 0 spiro atoms. The summed E-state index contributed by atoms with van der Waals surface area (Å²) in [4.78, 5) is 37.8. The molecule has 3 aromatic rings. The Morgan fingerprint density at radius 1 is 0.826 bits per heavy atom. The molecular formula is C32H31F6N3O5. The second-order valence-electron chi connectivity index (χ2n) is 11.0. The number of amides is 3. The number of aliphatic hydroxyl groups is 1. The molecule has 4 N–H and O–H groups in total. The number of hydrogen-bond acceptors (Lipinski definition) is 4. The fourth-order valence-electron chi connectivity index (χ4n) is 5.18. The zero-order chi connectivity index (χ0) is 33.6. The number of nitrogens with zero attached hydrogens (tertiary/aromatic N) is 1. The number of carbonyl (C=O) groups excluding carboxylic acids is 2. The van der Waals surface area contributed by atoms with E-state index < -0.39 is 59.7 Å². The minimum absolute atomic E-state index is 0.0303. The molecule has 1 aliphatic rings. The van der Waals surface area contributed by atoms with Crippen LogP contribution in [0.2, 0.25) is 0 Å². The highest BCUT2D eigenvalue weighted by Crippen LogP contribution is 2.38. The van der Waals surface area contributed by atoms with Crippen molar-refractivity contribution in [2.24, 2.45) is 0 Å². The summed E-state index contributed by atoms with van der Waals surface area (Å²) in [7, 11) is 0. The average Bonchev–Trinajstić information content (AvgIpc) is 3.02. The molecule has 14 heteroatoms. The molecule has 46 heavy (non-hydrogen) atoms. The van der Waals surface area contributed by atoms with Gasteiger partial charge in [-0.25, -0.2) is 9.59 Å². The van der Waals surface area contributed by atoms with Crippen LogP contribution in [0.4, 0.5) is 42.5 Å². The zero-order valence-corrected chi connectivity index (χ0v) is 24.3. The molecule has 0 heterocycles. The molecular weight excluding hydrogens is 620 g/mol. The van der Waals surface area contributed by atoms with Gasteiger partial charge in [0.2, 0.25) is 0 Å². The number of benzene rings is 3. The number of alkyl halides is 6. The Bertz CT molecular complexity index is 1500. The van der Waals surface area contributed by atoms with E-state index in [-0.39, 0.29) is 18.2 Å². The first kappa shape index (κ1) is 34.3. The molecule has 1 fully saturated rings. The van der Waals surface area contributed by atoms with Crippen LogP contribution in [-0.4, -0.2) is 40.8 Å². The molecule has 0 saturated heterocycles. The van der Waals surface area contributed by atoms with Crippen molar-refractivity contribution in [3.05, 3.63) is 94.5 Å². The van der Waals surface area contributed by atoms with E-state index in [9.17, 15) is 45.8 Å². The summed E-state index contributed by atoms with van der Waals surface area (Å²) in [5, 5.41) is 22.6. The van der Waals surface area contributed by atoms with Crippen LogP contribution in [-0.2, 0) is 23.7 Å². The number of carboxylic acid groups (broad SMARTS) is 1. The first-order valence-corrected chi connectivity index (χ1v) is 14.4. The first-order chi connectivity index (χ1) is 21.6. The summed E-state index contributed by atoms with van der Waals surface area (Å²) >= 11 is 0. The smallest absolute Gasteiger partial charge is 0.416 e. The molecule has 0 aliphatic heterocycles. The van der Waals surface area contributed by atoms with E-state index >= 15 is 0 Å². The molecule has 4 rings (SSSR count). The van der Waals surface area contributed by atoms with Crippen molar-refractivity contribution in [1.82, 2.24) is 5.32 Å². The molecule has 8 nitrogen and oxygen atoms in total. The Morgan fingerprint density at radius 2 is 1.39 bits per heavy atom. The third-order valence-electron chi connectivity index (χ3n) is 7.66. The fourth-order valence-corrected chi connectivity index (χ4v) is 5.18. The Balaban J connectivity index is 1.61. The Morgan fingerprint density at radius 3 is 1.91 bits per heavy atom. The van der Waals surface area contributed by atoms with E-state index in [1.54, 1.807) is 12.1 Å². The van der Waals surface area contributed by atoms with Gasteiger partial charge in [0.15, 0.2) is 6.10 Å². The maximum atomic E-state index is 13.5. The van der Waals surface area contributed by atoms with E-state index in [0.29, 0.717) is 29.3 Å². The lowest BCUT2D eigenvalue weighted by molar-refractivity contribution is -0.146. The fraction of sp³-hybridized carbons (Fsp3) is 0.344. The van der Waals surface area contributed by atoms with Crippen LogP contribution < -0.4 is 15.5 Å². The predicted molar refractivity (Wildman–Crippen MR) is 156 cm³/mol. The van der Waals surface area contributed by atoms with Gasteiger partial charge in [-0.3, -0.25) is 9.69 Å². The number of aliphatic hydroxyl groups excluding tert-OH is 1. The van der Waals surface area contributed by atoms with Gasteiger partial charge in [0, 0.05) is 16.9 Å². The van der Waals surface area contributed by atoms with E-state index in [4.69, 9.17) is 5.11 Å². The van der Waals surface area contributed by atoms with Crippen LogP contribution in [0.1, 0.15) is 70.6 Å². The van der Waals surface area contributed by atoms with Crippen molar-refractivity contribution in [2.75, 3.05) is 16.8 Å². The number of anilines is 2. The number of urea groups is 1. The SMILES string of the molecule is O=C(NC[C@@H](O)C(=O)O)c1ccc(CN(C(=O)Nc2cc(C(F)(F)F)cc(C(F)(F)F)c2)c2ccc(C3CCCCC3)cc2)cc1. The molecule has 0 aromatic heterocycles. The van der Waals surface area contributed by atoms with Gasteiger partial charge in [-0.2, -0.15) is 26.3 Å². The van der Waals surface area contributed by atoms with Crippen LogP contribution in [0.15, 0.2) is 66.7 Å². The lowest BCUT2D eigenvalue weighted by atomic mass is 9.84. The van der Waals surface area contributed by atoms with E-state index in [2.05, 4.69) is 10.6 Å². The van der Waals surface area contributed by atoms with Crippen LogP contribution >= 0.6 is 0 Å². The average molecular weight is 652 g/mol. The Labute approximate surface area is 260 Å². The lowest BCUT2D eigenvalue weighted by Crippen LogP contribution is -2.36. The normalized spacial score (nSPS) is 14.8.